The number of aliphatic hydroxyl groups is 1. The maximum atomic E-state index is 11.7. The van der Waals surface area contributed by atoms with Crippen LogP contribution in [0.2, 0.25) is 0 Å². The summed E-state index contributed by atoms with van der Waals surface area (Å²) < 4.78 is 9.71. The second-order valence-electron chi connectivity index (χ2n) is 3.86. The van der Waals surface area contributed by atoms with Gasteiger partial charge in [0.05, 0.1) is 13.7 Å². The summed E-state index contributed by atoms with van der Waals surface area (Å²) in [7, 11) is 1.16. The summed E-state index contributed by atoms with van der Waals surface area (Å²) in [6, 6.07) is 8.88. The van der Waals surface area contributed by atoms with Gasteiger partial charge in [0.25, 0.3) is 5.91 Å². The standard InChI is InChI=1S/C13H17NO5/c1-9(19-10-6-4-3-5-7-10)12(16)14-8-11(15)13(17)18-2/h3-7,9,11,15H,8H2,1-2H3,(H,14,16). The maximum Gasteiger partial charge on any atom is 0.336 e. The van der Waals surface area contributed by atoms with Gasteiger partial charge in [0.2, 0.25) is 0 Å². The van der Waals surface area contributed by atoms with Gasteiger partial charge in [-0.15, -0.1) is 0 Å². The number of benzene rings is 1. The number of amides is 1. The number of carbonyl (C=O) groups excluding carboxylic acids is 2. The van der Waals surface area contributed by atoms with E-state index in [9.17, 15) is 14.7 Å². The van der Waals surface area contributed by atoms with Crippen LogP contribution < -0.4 is 10.1 Å². The molecule has 1 aromatic carbocycles. The van der Waals surface area contributed by atoms with E-state index in [0.29, 0.717) is 5.75 Å². The average molecular weight is 267 g/mol. The first kappa shape index (κ1) is 15.0. The monoisotopic (exact) mass is 267 g/mol. The zero-order valence-electron chi connectivity index (χ0n) is 10.8. The number of carbonyl (C=O) groups is 2. The van der Waals surface area contributed by atoms with Crippen molar-refractivity contribution in [2.45, 2.75) is 19.1 Å². The van der Waals surface area contributed by atoms with E-state index in [1.807, 2.05) is 6.07 Å². The molecule has 0 aromatic heterocycles. The van der Waals surface area contributed by atoms with E-state index in [-0.39, 0.29) is 6.54 Å². The summed E-state index contributed by atoms with van der Waals surface area (Å²) in [6.07, 6.45) is -2.11. The molecule has 0 saturated carbocycles. The molecule has 2 atom stereocenters. The minimum Gasteiger partial charge on any atom is -0.481 e. The number of nitrogens with one attached hydrogen (secondary N) is 1. The summed E-state index contributed by atoms with van der Waals surface area (Å²) in [5.74, 6) is -0.651. The van der Waals surface area contributed by atoms with Crippen LogP contribution in [0, 0.1) is 0 Å². The van der Waals surface area contributed by atoms with Crippen LogP contribution in [0.25, 0.3) is 0 Å². The van der Waals surface area contributed by atoms with Crippen molar-refractivity contribution in [1.29, 1.82) is 0 Å². The Morgan fingerprint density at radius 3 is 2.53 bits per heavy atom. The van der Waals surface area contributed by atoms with Crippen molar-refractivity contribution in [2.24, 2.45) is 0 Å². The summed E-state index contributed by atoms with van der Waals surface area (Å²) in [5.41, 5.74) is 0. The maximum absolute atomic E-state index is 11.7. The molecule has 6 nitrogen and oxygen atoms in total. The lowest BCUT2D eigenvalue weighted by molar-refractivity contribution is -0.150. The second kappa shape index (κ2) is 7.38. The Balaban J connectivity index is 2.39. The fraction of sp³-hybridized carbons (Fsp3) is 0.385. The first-order chi connectivity index (χ1) is 9.04. The molecule has 2 unspecified atom stereocenters. The fourth-order valence-corrected chi connectivity index (χ4v) is 1.32. The van der Waals surface area contributed by atoms with E-state index in [2.05, 4.69) is 10.1 Å². The van der Waals surface area contributed by atoms with Crippen LogP contribution in [0.3, 0.4) is 0 Å². The number of aliphatic hydroxyl groups excluding tert-OH is 1. The van der Waals surface area contributed by atoms with Crippen LogP contribution in [0.1, 0.15) is 6.92 Å². The third-order valence-corrected chi connectivity index (χ3v) is 2.37. The molecule has 0 bridgehead atoms. The predicted molar refractivity (Wildman–Crippen MR) is 67.6 cm³/mol. The highest BCUT2D eigenvalue weighted by atomic mass is 16.5. The van der Waals surface area contributed by atoms with Crippen molar-refractivity contribution in [3.8, 4) is 5.75 Å². The van der Waals surface area contributed by atoms with Gasteiger partial charge in [0.15, 0.2) is 12.2 Å². The van der Waals surface area contributed by atoms with Crippen molar-refractivity contribution in [2.75, 3.05) is 13.7 Å². The highest BCUT2D eigenvalue weighted by Crippen LogP contribution is 2.10. The van der Waals surface area contributed by atoms with Gasteiger partial charge in [-0.25, -0.2) is 4.79 Å². The van der Waals surface area contributed by atoms with Crippen LogP contribution in [-0.4, -0.2) is 42.8 Å². The molecule has 19 heavy (non-hydrogen) atoms. The number of hydrogen-bond donors (Lipinski definition) is 2. The molecular formula is C13H17NO5. The van der Waals surface area contributed by atoms with E-state index in [1.165, 1.54) is 0 Å². The largest absolute Gasteiger partial charge is 0.481 e. The predicted octanol–water partition coefficient (Wildman–Crippen LogP) is 0.104. The molecule has 1 aromatic rings. The molecule has 0 aliphatic heterocycles. The Morgan fingerprint density at radius 1 is 1.32 bits per heavy atom. The zero-order valence-corrected chi connectivity index (χ0v) is 10.8. The number of methoxy groups -OCH3 is 1. The van der Waals surface area contributed by atoms with Gasteiger partial charge >= 0.3 is 5.97 Å². The van der Waals surface area contributed by atoms with Crippen LogP contribution in [0.5, 0.6) is 5.75 Å². The topological polar surface area (TPSA) is 84.9 Å². The van der Waals surface area contributed by atoms with Gasteiger partial charge in [-0.3, -0.25) is 4.79 Å². The normalized spacial score (nSPS) is 13.2. The van der Waals surface area contributed by atoms with E-state index in [4.69, 9.17) is 4.74 Å². The van der Waals surface area contributed by atoms with Gasteiger partial charge in [0, 0.05) is 0 Å². The third-order valence-electron chi connectivity index (χ3n) is 2.37. The number of rotatable bonds is 6. The molecule has 0 aliphatic rings. The first-order valence-corrected chi connectivity index (χ1v) is 5.80. The van der Waals surface area contributed by atoms with Gasteiger partial charge in [-0.2, -0.15) is 0 Å². The summed E-state index contributed by atoms with van der Waals surface area (Å²) in [4.78, 5) is 22.6. The van der Waals surface area contributed by atoms with Gasteiger partial charge in [0.1, 0.15) is 5.75 Å². The van der Waals surface area contributed by atoms with E-state index in [1.54, 1.807) is 31.2 Å². The highest BCUT2D eigenvalue weighted by Gasteiger charge is 2.19. The van der Waals surface area contributed by atoms with Crippen molar-refractivity contribution in [3.05, 3.63) is 30.3 Å². The molecule has 1 amide bonds. The Labute approximate surface area is 111 Å². The quantitative estimate of drug-likeness (QED) is 0.714. The van der Waals surface area contributed by atoms with E-state index < -0.39 is 24.1 Å². The van der Waals surface area contributed by atoms with Crippen molar-refractivity contribution in [1.82, 2.24) is 5.32 Å². The van der Waals surface area contributed by atoms with Crippen molar-refractivity contribution >= 4 is 11.9 Å². The van der Waals surface area contributed by atoms with Crippen LogP contribution in [-0.2, 0) is 14.3 Å². The Kier molecular flexibility index (Phi) is 5.81. The third kappa shape index (κ3) is 4.97. The smallest absolute Gasteiger partial charge is 0.336 e. The molecule has 0 spiro atoms. The Hall–Kier alpha value is -2.08. The fourth-order valence-electron chi connectivity index (χ4n) is 1.32. The second-order valence-corrected chi connectivity index (χ2v) is 3.86. The molecule has 0 aliphatic carbocycles. The van der Waals surface area contributed by atoms with Crippen LogP contribution in [0.4, 0.5) is 0 Å². The Morgan fingerprint density at radius 2 is 1.95 bits per heavy atom. The molecule has 104 valence electrons. The summed E-state index contributed by atoms with van der Waals surface area (Å²) >= 11 is 0. The molecule has 1 rings (SSSR count). The number of esters is 1. The van der Waals surface area contributed by atoms with Gasteiger partial charge in [-0.05, 0) is 19.1 Å². The molecule has 0 heterocycles. The highest BCUT2D eigenvalue weighted by molar-refractivity contribution is 5.82. The average Bonchev–Trinajstić information content (AvgIpc) is 2.44. The minimum atomic E-state index is -1.38. The molecule has 0 fully saturated rings. The molecule has 0 saturated heterocycles. The minimum absolute atomic E-state index is 0.214. The van der Waals surface area contributed by atoms with Crippen molar-refractivity contribution < 1.29 is 24.2 Å². The molecule has 2 N–H and O–H groups in total. The van der Waals surface area contributed by atoms with Gasteiger partial charge in [-0.1, -0.05) is 18.2 Å². The Bertz CT molecular complexity index is 420. The van der Waals surface area contributed by atoms with Crippen LogP contribution in [0.15, 0.2) is 30.3 Å². The lowest BCUT2D eigenvalue weighted by Gasteiger charge is -2.15. The van der Waals surface area contributed by atoms with E-state index in [0.717, 1.165) is 7.11 Å². The number of para-hydroxylation sites is 1. The molecule has 0 radical (unpaired) electrons. The number of hydrogen-bond acceptors (Lipinski definition) is 5. The molecule has 6 heteroatoms. The summed E-state index contributed by atoms with van der Waals surface area (Å²) in [5, 5.41) is 11.7. The number of ether oxygens (including phenoxy) is 2. The van der Waals surface area contributed by atoms with E-state index >= 15 is 0 Å². The molecular weight excluding hydrogens is 250 g/mol. The van der Waals surface area contributed by atoms with Gasteiger partial charge < -0.3 is 19.9 Å². The zero-order chi connectivity index (χ0) is 14.3. The summed E-state index contributed by atoms with van der Waals surface area (Å²) in [6.45, 7) is 1.36. The lowest BCUT2D eigenvalue weighted by Crippen LogP contribution is -2.42. The van der Waals surface area contributed by atoms with Crippen LogP contribution >= 0.6 is 0 Å². The SMILES string of the molecule is COC(=O)C(O)CNC(=O)C(C)Oc1ccccc1. The first-order valence-electron chi connectivity index (χ1n) is 5.80. The van der Waals surface area contributed by atoms with Crippen molar-refractivity contribution in [3.63, 3.8) is 0 Å². The lowest BCUT2D eigenvalue weighted by atomic mass is 10.3.